The molecule has 0 fully saturated rings. The molecule has 1 aromatic carbocycles. The summed E-state index contributed by atoms with van der Waals surface area (Å²) in [5, 5.41) is 5.54. The molecular weight excluding hydrogens is 200 g/mol. The van der Waals surface area contributed by atoms with Gasteiger partial charge in [0.1, 0.15) is 5.76 Å². The first-order chi connectivity index (χ1) is 7.63. The highest BCUT2D eigenvalue weighted by atomic mass is 16.5. The number of benzene rings is 1. The maximum Gasteiger partial charge on any atom is 0.119 e. The first-order valence-electron chi connectivity index (χ1n) is 5.39. The van der Waals surface area contributed by atoms with E-state index in [0.29, 0.717) is 12.4 Å². The van der Waals surface area contributed by atoms with Crippen LogP contribution in [0, 0.1) is 6.92 Å². The minimum absolute atomic E-state index is 0.642. The van der Waals surface area contributed by atoms with Gasteiger partial charge >= 0.3 is 0 Å². The van der Waals surface area contributed by atoms with Crippen molar-refractivity contribution in [3.8, 4) is 0 Å². The van der Waals surface area contributed by atoms with Gasteiger partial charge in [-0.2, -0.15) is 5.10 Å². The number of ether oxygens (including phenoxy) is 1. The van der Waals surface area contributed by atoms with Crippen molar-refractivity contribution < 1.29 is 4.74 Å². The maximum absolute atomic E-state index is 5.40. The van der Waals surface area contributed by atoms with E-state index in [1.54, 1.807) is 0 Å². The van der Waals surface area contributed by atoms with Crippen molar-refractivity contribution >= 4 is 16.7 Å². The van der Waals surface area contributed by atoms with Crippen molar-refractivity contribution in [1.82, 2.24) is 9.78 Å². The van der Waals surface area contributed by atoms with Gasteiger partial charge in [0.25, 0.3) is 0 Å². The second kappa shape index (κ2) is 4.00. The fraction of sp³-hybridized carbons (Fsp3) is 0.308. The van der Waals surface area contributed by atoms with E-state index in [1.807, 2.05) is 31.6 Å². The zero-order chi connectivity index (χ0) is 11.7. The van der Waals surface area contributed by atoms with Crippen molar-refractivity contribution in [3.05, 3.63) is 36.0 Å². The van der Waals surface area contributed by atoms with E-state index >= 15 is 0 Å². The fourth-order valence-electron chi connectivity index (χ4n) is 1.87. The minimum atomic E-state index is 0.642. The molecule has 2 aromatic rings. The van der Waals surface area contributed by atoms with Gasteiger partial charge in [0.2, 0.25) is 0 Å². The summed E-state index contributed by atoms with van der Waals surface area (Å²) in [4.78, 5) is 0. The zero-order valence-corrected chi connectivity index (χ0v) is 9.95. The molecule has 0 bridgehead atoms. The Kier molecular flexibility index (Phi) is 2.69. The van der Waals surface area contributed by atoms with Crippen LogP contribution in [0.2, 0.25) is 0 Å². The van der Waals surface area contributed by atoms with E-state index in [0.717, 1.165) is 22.2 Å². The van der Waals surface area contributed by atoms with Crippen LogP contribution in [0.3, 0.4) is 0 Å². The monoisotopic (exact) mass is 216 g/mol. The second-order valence-corrected chi connectivity index (χ2v) is 3.80. The Morgan fingerprint density at radius 2 is 2.25 bits per heavy atom. The summed E-state index contributed by atoms with van der Waals surface area (Å²) in [6, 6.07) is 6.14. The van der Waals surface area contributed by atoms with Gasteiger partial charge in [-0.15, -0.1) is 0 Å². The predicted octanol–water partition coefficient (Wildman–Crippen LogP) is 2.89. The number of hydrogen-bond acceptors (Lipinski definition) is 2. The van der Waals surface area contributed by atoms with Crippen LogP contribution in [0.4, 0.5) is 0 Å². The molecule has 1 aromatic heterocycles. The highest BCUT2D eigenvalue weighted by molar-refractivity contribution is 5.85. The molecule has 0 N–H and O–H groups in total. The molecule has 0 spiro atoms. The Morgan fingerprint density at radius 1 is 1.50 bits per heavy atom. The third-order valence-corrected chi connectivity index (χ3v) is 2.68. The summed E-state index contributed by atoms with van der Waals surface area (Å²) in [5.74, 6) is 0.715. The largest absolute Gasteiger partial charge is 0.494 e. The fourth-order valence-corrected chi connectivity index (χ4v) is 1.87. The first kappa shape index (κ1) is 10.7. The van der Waals surface area contributed by atoms with Gasteiger partial charge in [-0.3, -0.25) is 4.68 Å². The molecule has 0 saturated carbocycles. The average Bonchev–Trinajstić information content (AvgIpc) is 2.55. The molecule has 2 rings (SSSR count). The molecule has 0 aliphatic rings. The zero-order valence-electron chi connectivity index (χ0n) is 9.95. The molecule has 0 aliphatic carbocycles. The van der Waals surface area contributed by atoms with Gasteiger partial charge in [0.15, 0.2) is 0 Å². The van der Waals surface area contributed by atoms with Crippen LogP contribution < -0.4 is 0 Å². The third kappa shape index (κ3) is 1.69. The molecular formula is C13H16N2O. The van der Waals surface area contributed by atoms with Gasteiger partial charge in [-0.05, 0) is 32.0 Å². The number of nitrogens with zero attached hydrogens (tertiary/aromatic N) is 2. The Bertz CT molecular complexity index is 540. The van der Waals surface area contributed by atoms with E-state index in [2.05, 4.69) is 23.8 Å². The lowest BCUT2D eigenvalue weighted by atomic mass is 10.1. The highest BCUT2D eigenvalue weighted by Crippen LogP contribution is 2.22. The molecule has 0 radical (unpaired) electrons. The van der Waals surface area contributed by atoms with Crippen molar-refractivity contribution in [2.24, 2.45) is 7.05 Å². The molecule has 16 heavy (non-hydrogen) atoms. The predicted molar refractivity (Wildman–Crippen MR) is 66.1 cm³/mol. The summed E-state index contributed by atoms with van der Waals surface area (Å²) in [6.45, 7) is 8.52. The highest BCUT2D eigenvalue weighted by Gasteiger charge is 2.07. The van der Waals surface area contributed by atoms with Crippen molar-refractivity contribution in [2.45, 2.75) is 13.8 Å². The molecule has 0 saturated heterocycles. The van der Waals surface area contributed by atoms with Crippen LogP contribution in [0.15, 0.2) is 24.8 Å². The molecule has 1 heterocycles. The van der Waals surface area contributed by atoms with Crippen LogP contribution in [0.1, 0.15) is 18.2 Å². The van der Waals surface area contributed by atoms with Crippen molar-refractivity contribution in [2.75, 3.05) is 6.61 Å². The molecule has 0 atom stereocenters. The van der Waals surface area contributed by atoms with Crippen LogP contribution in [0.5, 0.6) is 0 Å². The second-order valence-electron chi connectivity index (χ2n) is 3.80. The van der Waals surface area contributed by atoms with E-state index in [1.165, 1.54) is 0 Å². The topological polar surface area (TPSA) is 27.1 Å². The number of aromatic nitrogens is 2. The standard InChI is InChI=1S/C13H16N2O/c1-5-16-10(3)11-6-7-13-12(8-11)9(2)14-15(13)4/h6-8H,3,5H2,1-2,4H3. The SMILES string of the molecule is C=C(OCC)c1ccc2c(c1)c(C)nn2C. The molecule has 84 valence electrons. The van der Waals surface area contributed by atoms with Gasteiger partial charge in [0.05, 0.1) is 17.8 Å². The summed E-state index contributed by atoms with van der Waals surface area (Å²) in [6.07, 6.45) is 0. The van der Waals surface area contributed by atoms with Crippen LogP contribution in [0.25, 0.3) is 16.7 Å². The van der Waals surface area contributed by atoms with Crippen molar-refractivity contribution in [3.63, 3.8) is 0 Å². The lowest BCUT2D eigenvalue weighted by molar-refractivity contribution is 0.299. The quantitative estimate of drug-likeness (QED) is 0.738. The van der Waals surface area contributed by atoms with Gasteiger partial charge < -0.3 is 4.74 Å². The van der Waals surface area contributed by atoms with Crippen LogP contribution >= 0.6 is 0 Å². The maximum atomic E-state index is 5.40. The molecule has 3 nitrogen and oxygen atoms in total. The molecule has 0 amide bonds. The van der Waals surface area contributed by atoms with Crippen LogP contribution in [-0.4, -0.2) is 16.4 Å². The average molecular weight is 216 g/mol. The number of rotatable bonds is 3. The smallest absolute Gasteiger partial charge is 0.119 e. The Balaban J connectivity index is 2.51. The Labute approximate surface area is 95.3 Å². The van der Waals surface area contributed by atoms with E-state index in [-0.39, 0.29) is 0 Å². The number of fused-ring (bicyclic) bond motifs is 1. The number of hydrogen-bond donors (Lipinski definition) is 0. The summed E-state index contributed by atoms with van der Waals surface area (Å²) < 4.78 is 7.29. The van der Waals surface area contributed by atoms with E-state index in [4.69, 9.17) is 4.74 Å². The Hall–Kier alpha value is -1.77. The van der Waals surface area contributed by atoms with E-state index in [9.17, 15) is 0 Å². The van der Waals surface area contributed by atoms with Crippen molar-refractivity contribution in [1.29, 1.82) is 0 Å². The minimum Gasteiger partial charge on any atom is -0.494 e. The van der Waals surface area contributed by atoms with E-state index < -0.39 is 0 Å². The summed E-state index contributed by atoms with van der Waals surface area (Å²) >= 11 is 0. The van der Waals surface area contributed by atoms with Crippen LogP contribution in [-0.2, 0) is 11.8 Å². The normalized spacial score (nSPS) is 10.7. The third-order valence-electron chi connectivity index (χ3n) is 2.68. The van der Waals surface area contributed by atoms with Gasteiger partial charge in [-0.25, -0.2) is 0 Å². The van der Waals surface area contributed by atoms with Gasteiger partial charge in [0, 0.05) is 18.0 Å². The molecule has 3 heteroatoms. The number of aryl methyl sites for hydroxylation is 2. The molecule has 0 unspecified atom stereocenters. The summed E-state index contributed by atoms with van der Waals surface area (Å²) in [7, 11) is 1.95. The lowest BCUT2D eigenvalue weighted by Gasteiger charge is -2.06. The molecule has 0 aliphatic heterocycles. The first-order valence-corrected chi connectivity index (χ1v) is 5.39. The van der Waals surface area contributed by atoms with Gasteiger partial charge in [-0.1, -0.05) is 6.58 Å². The Morgan fingerprint density at radius 3 is 2.94 bits per heavy atom. The lowest BCUT2D eigenvalue weighted by Crippen LogP contribution is -1.91. The summed E-state index contributed by atoms with van der Waals surface area (Å²) in [5.41, 5.74) is 3.18.